The van der Waals surface area contributed by atoms with Crippen LogP contribution in [0.15, 0.2) is 11.8 Å². The second kappa shape index (κ2) is 5.18. The quantitative estimate of drug-likeness (QED) is 0.404. The van der Waals surface area contributed by atoms with Crippen molar-refractivity contribution in [2.75, 3.05) is 19.7 Å². The van der Waals surface area contributed by atoms with Gasteiger partial charge in [0.25, 0.3) is 0 Å². The molecule has 0 aromatic rings. The van der Waals surface area contributed by atoms with Gasteiger partial charge < -0.3 is 26.0 Å². The third-order valence-electron chi connectivity index (χ3n) is 1.84. The highest BCUT2D eigenvalue weighted by Crippen LogP contribution is 2.13. The molecule has 13 heavy (non-hydrogen) atoms. The van der Waals surface area contributed by atoms with Crippen LogP contribution in [0.25, 0.3) is 0 Å². The third kappa shape index (κ3) is 3.31. The number of ether oxygens (including phenoxy) is 1. The van der Waals surface area contributed by atoms with Gasteiger partial charge in [0.05, 0.1) is 19.2 Å². The number of nitrogens with one attached hydrogen (secondary N) is 1. The minimum Gasteiger partial charge on any atom is -0.467 e. The summed E-state index contributed by atoms with van der Waals surface area (Å²) in [5, 5.41) is 20.7. The van der Waals surface area contributed by atoms with E-state index in [0.717, 1.165) is 0 Å². The molecule has 2 atom stereocenters. The van der Waals surface area contributed by atoms with E-state index in [1.807, 2.05) is 6.08 Å². The van der Waals surface area contributed by atoms with Crippen LogP contribution in [0.1, 0.15) is 6.42 Å². The largest absolute Gasteiger partial charge is 0.467 e. The highest BCUT2D eigenvalue weighted by molar-refractivity contribution is 5.01. The lowest BCUT2D eigenvalue weighted by atomic mass is 10.1. The Morgan fingerprint density at radius 3 is 3.08 bits per heavy atom. The molecule has 1 rings (SSSR count). The molecule has 0 amide bonds. The Labute approximate surface area is 77.2 Å². The van der Waals surface area contributed by atoms with Crippen molar-refractivity contribution < 1.29 is 14.9 Å². The summed E-state index contributed by atoms with van der Waals surface area (Å²) in [6, 6.07) is -0.332. The van der Waals surface area contributed by atoms with Gasteiger partial charge in [-0.05, 0) is 12.5 Å². The van der Waals surface area contributed by atoms with Crippen molar-refractivity contribution in [3.63, 3.8) is 0 Å². The van der Waals surface area contributed by atoms with Gasteiger partial charge in [0.1, 0.15) is 5.76 Å². The van der Waals surface area contributed by atoms with Gasteiger partial charge in [-0.2, -0.15) is 0 Å². The zero-order chi connectivity index (χ0) is 9.68. The minimum absolute atomic E-state index is 0.0926. The van der Waals surface area contributed by atoms with Gasteiger partial charge in [-0.25, -0.2) is 0 Å². The van der Waals surface area contributed by atoms with Crippen molar-refractivity contribution in [3.8, 4) is 0 Å². The SMILES string of the molecule is N[C@@H]1CC=C(CNCCO)O[C@@H]1O. The van der Waals surface area contributed by atoms with E-state index in [2.05, 4.69) is 5.32 Å². The Morgan fingerprint density at radius 1 is 1.69 bits per heavy atom. The van der Waals surface area contributed by atoms with E-state index < -0.39 is 6.29 Å². The second-order valence-electron chi connectivity index (χ2n) is 2.98. The van der Waals surface area contributed by atoms with Crippen LogP contribution in [-0.2, 0) is 4.74 Å². The van der Waals surface area contributed by atoms with Gasteiger partial charge in [0, 0.05) is 6.54 Å². The topological polar surface area (TPSA) is 87.7 Å². The fraction of sp³-hybridized carbons (Fsp3) is 0.750. The van der Waals surface area contributed by atoms with Crippen molar-refractivity contribution in [1.82, 2.24) is 5.32 Å². The van der Waals surface area contributed by atoms with E-state index in [0.29, 0.717) is 25.3 Å². The summed E-state index contributed by atoms with van der Waals surface area (Å²) < 4.78 is 5.09. The molecule has 0 aromatic heterocycles. The molecule has 1 heterocycles. The number of aliphatic hydroxyl groups is 2. The average Bonchev–Trinajstić information content (AvgIpc) is 2.12. The van der Waals surface area contributed by atoms with Crippen molar-refractivity contribution >= 4 is 0 Å². The predicted molar refractivity (Wildman–Crippen MR) is 47.7 cm³/mol. The number of hydrogen-bond acceptors (Lipinski definition) is 5. The highest BCUT2D eigenvalue weighted by atomic mass is 16.6. The van der Waals surface area contributed by atoms with Crippen molar-refractivity contribution in [3.05, 3.63) is 11.8 Å². The van der Waals surface area contributed by atoms with E-state index in [9.17, 15) is 5.11 Å². The molecule has 0 spiro atoms. The van der Waals surface area contributed by atoms with Crippen LogP contribution in [0.2, 0.25) is 0 Å². The Bertz CT molecular complexity index is 184. The van der Waals surface area contributed by atoms with Crippen LogP contribution in [0.5, 0.6) is 0 Å². The Hall–Kier alpha value is -0.620. The first-order chi connectivity index (χ1) is 6.24. The van der Waals surface area contributed by atoms with Gasteiger partial charge in [0.15, 0.2) is 0 Å². The lowest BCUT2D eigenvalue weighted by Crippen LogP contribution is -2.40. The summed E-state index contributed by atoms with van der Waals surface area (Å²) in [5.74, 6) is 0.683. The molecule has 0 fully saturated rings. The molecule has 0 unspecified atom stereocenters. The molecule has 0 radical (unpaired) electrons. The molecule has 5 nitrogen and oxygen atoms in total. The van der Waals surface area contributed by atoms with E-state index in [4.69, 9.17) is 15.6 Å². The first-order valence-electron chi connectivity index (χ1n) is 4.35. The van der Waals surface area contributed by atoms with Crippen LogP contribution in [0.4, 0.5) is 0 Å². The maximum absolute atomic E-state index is 9.24. The van der Waals surface area contributed by atoms with Gasteiger partial charge >= 0.3 is 0 Å². The molecule has 0 aromatic carbocycles. The number of nitrogens with two attached hydrogens (primary N) is 1. The molecule has 1 aliphatic rings. The Morgan fingerprint density at radius 2 is 2.46 bits per heavy atom. The monoisotopic (exact) mass is 188 g/mol. The second-order valence-corrected chi connectivity index (χ2v) is 2.98. The van der Waals surface area contributed by atoms with Crippen LogP contribution >= 0.6 is 0 Å². The summed E-state index contributed by atoms with van der Waals surface area (Å²) in [4.78, 5) is 0. The lowest BCUT2D eigenvalue weighted by Gasteiger charge is -2.25. The van der Waals surface area contributed by atoms with Crippen molar-refractivity contribution in [2.24, 2.45) is 5.73 Å². The lowest BCUT2D eigenvalue weighted by molar-refractivity contribution is -0.0899. The smallest absolute Gasteiger partial charge is 0.212 e. The van der Waals surface area contributed by atoms with Crippen LogP contribution in [0, 0.1) is 0 Å². The molecular formula is C8H16N2O3. The molecule has 5 N–H and O–H groups in total. The summed E-state index contributed by atoms with van der Waals surface area (Å²) in [5.41, 5.74) is 5.52. The van der Waals surface area contributed by atoms with Crippen LogP contribution < -0.4 is 11.1 Å². The molecule has 0 saturated heterocycles. The molecular weight excluding hydrogens is 172 g/mol. The Kier molecular flexibility index (Phi) is 4.17. The van der Waals surface area contributed by atoms with E-state index in [-0.39, 0.29) is 12.6 Å². The fourth-order valence-electron chi connectivity index (χ4n) is 1.08. The highest BCUT2D eigenvalue weighted by Gasteiger charge is 2.20. The zero-order valence-corrected chi connectivity index (χ0v) is 7.44. The molecule has 1 aliphatic heterocycles. The molecule has 0 saturated carbocycles. The number of aliphatic hydroxyl groups excluding tert-OH is 2. The number of rotatable bonds is 4. The Balaban J connectivity index is 2.27. The standard InChI is InChI=1S/C8H16N2O3/c9-7-2-1-6(13-8(7)12)5-10-3-4-11/h1,7-8,10-12H,2-5,9H2/t7-,8+/m1/s1. The van der Waals surface area contributed by atoms with E-state index in [1.165, 1.54) is 0 Å². The van der Waals surface area contributed by atoms with Gasteiger partial charge in [0.2, 0.25) is 6.29 Å². The van der Waals surface area contributed by atoms with Crippen LogP contribution in [-0.4, -0.2) is 42.2 Å². The van der Waals surface area contributed by atoms with Crippen LogP contribution in [0.3, 0.4) is 0 Å². The maximum Gasteiger partial charge on any atom is 0.212 e. The molecule has 0 bridgehead atoms. The molecule has 76 valence electrons. The molecule has 0 aliphatic carbocycles. The van der Waals surface area contributed by atoms with Gasteiger partial charge in [-0.15, -0.1) is 0 Å². The summed E-state index contributed by atoms with van der Waals surface area (Å²) >= 11 is 0. The minimum atomic E-state index is -0.907. The maximum atomic E-state index is 9.24. The summed E-state index contributed by atoms with van der Waals surface area (Å²) in [6.45, 7) is 1.13. The normalized spacial score (nSPS) is 28.1. The number of hydrogen-bond donors (Lipinski definition) is 4. The third-order valence-corrected chi connectivity index (χ3v) is 1.84. The first kappa shape index (κ1) is 10.5. The summed E-state index contributed by atoms with van der Waals surface area (Å²) in [6.07, 6.45) is 1.56. The van der Waals surface area contributed by atoms with Gasteiger partial charge in [-0.3, -0.25) is 0 Å². The van der Waals surface area contributed by atoms with E-state index in [1.54, 1.807) is 0 Å². The van der Waals surface area contributed by atoms with Gasteiger partial charge in [-0.1, -0.05) is 0 Å². The summed E-state index contributed by atoms with van der Waals surface area (Å²) in [7, 11) is 0. The van der Waals surface area contributed by atoms with E-state index >= 15 is 0 Å². The average molecular weight is 188 g/mol. The predicted octanol–water partition coefficient (Wildman–Crippen LogP) is -1.48. The van der Waals surface area contributed by atoms with Crippen molar-refractivity contribution in [2.45, 2.75) is 18.8 Å². The van der Waals surface area contributed by atoms with Crippen molar-refractivity contribution in [1.29, 1.82) is 0 Å². The zero-order valence-electron chi connectivity index (χ0n) is 7.44. The first-order valence-corrected chi connectivity index (χ1v) is 4.35. The fourth-order valence-corrected chi connectivity index (χ4v) is 1.08. The molecule has 5 heteroatoms.